The van der Waals surface area contributed by atoms with Gasteiger partial charge in [-0.1, -0.05) is 24.3 Å². The SMILES string of the molecule is Cc1ccccc1CC(=O)N1CCC(C(=O)Nc2ccc(N(C)C)cc2)CC1. The quantitative estimate of drug-likeness (QED) is 0.865. The van der Waals surface area contributed by atoms with Crippen LogP contribution in [0, 0.1) is 12.8 Å². The van der Waals surface area contributed by atoms with Crippen LogP contribution >= 0.6 is 0 Å². The van der Waals surface area contributed by atoms with Crippen molar-refractivity contribution in [3.63, 3.8) is 0 Å². The number of aryl methyl sites for hydroxylation is 1. The average molecular weight is 380 g/mol. The zero-order valence-corrected chi connectivity index (χ0v) is 16.9. The molecule has 5 heteroatoms. The summed E-state index contributed by atoms with van der Waals surface area (Å²) in [6.07, 6.45) is 1.85. The van der Waals surface area contributed by atoms with Crippen LogP contribution in [0.3, 0.4) is 0 Å². The van der Waals surface area contributed by atoms with Crippen LogP contribution in [-0.2, 0) is 16.0 Å². The Hall–Kier alpha value is -2.82. The maximum Gasteiger partial charge on any atom is 0.227 e. The molecule has 1 N–H and O–H groups in total. The lowest BCUT2D eigenvalue weighted by molar-refractivity contribution is -0.133. The fourth-order valence-corrected chi connectivity index (χ4v) is 3.56. The van der Waals surface area contributed by atoms with E-state index in [1.807, 2.05) is 79.3 Å². The van der Waals surface area contributed by atoms with E-state index in [1.165, 1.54) is 0 Å². The molecule has 0 unspecified atom stereocenters. The third kappa shape index (κ3) is 4.91. The predicted molar refractivity (Wildman–Crippen MR) is 114 cm³/mol. The van der Waals surface area contributed by atoms with Crippen molar-refractivity contribution in [2.45, 2.75) is 26.2 Å². The largest absolute Gasteiger partial charge is 0.378 e. The molecule has 1 fully saturated rings. The molecule has 2 aromatic carbocycles. The third-order valence-electron chi connectivity index (χ3n) is 5.47. The molecule has 28 heavy (non-hydrogen) atoms. The molecule has 0 atom stereocenters. The second-order valence-electron chi connectivity index (χ2n) is 7.69. The Bertz CT molecular complexity index is 822. The van der Waals surface area contributed by atoms with Crippen molar-refractivity contribution in [1.82, 2.24) is 4.90 Å². The Morgan fingerprint density at radius 3 is 2.29 bits per heavy atom. The number of nitrogens with one attached hydrogen (secondary N) is 1. The van der Waals surface area contributed by atoms with Gasteiger partial charge in [0.25, 0.3) is 0 Å². The van der Waals surface area contributed by atoms with Gasteiger partial charge in [0.1, 0.15) is 0 Å². The summed E-state index contributed by atoms with van der Waals surface area (Å²) in [4.78, 5) is 29.1. The first-order chi connectivity index (χ1) is 13.4. The molecule has 0 bridgehead atoms. The molecule has 0 saturated carbocycles. The smallest absolute Gasteiger partial charge is 0.227 e. The summed E-state index contributed by atoms with van der Waals surface area (Å²) in [5.41, 5.74) is 4.13. The monoisotopic (exact) mass is 379 g/mol. The molecular formula is C23H29N3O2. The molecule has 2 aromatic rings. The number of carbonyl (C=O) groups excluding carboxylic acids is 2. The summed E-state index contributed by atoms with van der Waals surface area (Å²) in [6.45, 7) is 3.31. The minimum atomic E-state index is -0.0453. The lowest BCUT2D eigenvalue weighted by Gasteiger charge is -2.31. The summed E-state index contributed by atoms with van der Waals surface area (Å²) < 4.78 is 0. The summed E-state index contributed by atoms with van der Waals surface area (Å²) in [6, 6.07) is 15.8. The Labute approximate surface area is 167 Å². The molecule has 1 saturated heterocycles. The van der Waals surface area contributed by atoms with Gasteiger partial charge in [0.2, 0.25) is 11.8 Å². The highest BCUT2D eigenvalue weighted by Crippen LogP contribution is 2.22. The molecule has 2 amide bonds. The first-order valence-electron chi connectivity index (χ1n) is 9.84. The van der Waals surface area contributed by atoms with E-state index in [0.29, 0.717) is 32.4 Å². The highest BCUT2D eigenvalue weighted by atomic mass is 16.2. The second kappa shape index (κ2) is 8.91. The lowest BCUT2D eigenvalue weighted by Crippen LogP contribution is -2.42. The second-order valence-corrected chi connectivity index (χ2v) is 7.69. The Morgan fingerprint density at radius 2 is 1.68 bits per heavy atom. The van der Waals surface area contributed by atoms with Crippen molar-refractivity contribution < 1.29 is 9.59 Å². The van der Waals surface area contributed by atoms with Gasteiger partial charge < -0.3 is 15.1 Å². The van der Waals surface area contributed by atoms with Crippen molar-refractivity contribution in [3.8, 4) is 0 Å². The number of benzene rings is 2. The van der Waals surface area contributed by atoms with Crippen molar-refractivity contribution in [2.75, 3.05) is 37.4 Å². The topological polar surface area (TPSA) is 52.7 Å². The van der Waals surface area contributed by atoms with Gasteiger partial charge in [0.05, 0.1) is 6.42 Å². The number of hydrogen-bond acceptors (Lipinski definition) is 3. The van der Waals surface area contributed by atoms with Crippen LogP contribution in [0.1, 0.15) is 24.0 Å². The number of rotatable bonds is 5. The number of piperidine rings is 1. The van der Waals surface area contributed by atoms with Crippen LogP contribution in [0.15, 0.2) is 48.5 Å². The number of hydrogen-bond donors (Lipinski definition) is 1. The van der Waals surface area contributed by atoms with Crippen molar-refractivity contribution in [1.29, 1.82) is 0 Å². The highest BCUT2D eigenvalue weighted by Gasteiger charge is 2.27. The highest BCUT2D eigenvalue weighted by molar-refractivity contribution is 5.93. The molecule has 0 aliphatic carbocycles. The van der Waals surface area contributed by atoms with E-state index >= 15 is 0 Å². The van der Waals surface area contributed by atoms with Gasteiger partial charge in [-0.15, -0.1) is 0 Å². The van der Waals surface area contributed by atoms with Gasteiger partial charge >= 0.3 is 0 Å². The standard InChI is InChI=1S/C23H29N3O2/c1-17-6-4-5-7-19(17)16-22(27)26-14-12-18(13-15-26)23(28)24-20-8-10-21(11-9-20)25(2)3/h4-11,18H,12-16H2,1-3H3,(H,24,28). The molecule has 0 spiro atoms. The van der Waals surface area contributed by atoms with E-state index < -0.39 is 0 Å². The first kappa shape index (κ1) is 19.9. The molecular weight excluding hydrogens is 350 g/mol. The number of carbonyl (C=O) groups is 2. The minimum absolute atomic E-state index is 0.0450. The third-order valence-corrected chi connectivity index (χ3v) is 5.47. The fourth-order valence-electron chi connectivity index (χ4n) is 3.56. The fraction of sp³-hybridized carbons (Fsp3) is 0.391. The Kier molecular flexibility index (Phi) is 6.34. The van der Waals surface area contributed by atoms with Crippen LogP contribution < -0.4 is 10.2 Å². The molecule has 148 valence electrons. The molecule has 0 radical (unpaired) electrons. The van der Waals surface area contributed by atoms with Crippen LogP contribution in [-0.4, -0.2) is 43.9 Å². The van der Waals surface area contributed by atoms with Gasteiger partial charge in [-0.3, -0.25) is 9.59 Å². The minimum Gasteiger partial charge on any atom is -0.378 e. The van der Waals surface area contributed by atoms with Gasteiger partial charge in [0.15, 0.2) is 0 Å². The molecule has 3 rings (SSSR count). The number of amides is 2. The Morgan fingerprint density at radius 1 is 1.04 bits per heavy atom. The van der Waals surface area contributed by atoms with Gasteiger partial charge in [-0.05, 0) is 55.2 Å². The Balaban J connectivity index is 1.49. The summed E-state index contributed by atoms with van der Waals surface area (Å²) in [5.74, 6) is 0.145. The van der Waals surface area contributed by atoms with Gasteiger partial charge in [0, 0.05) is 44.5 Å². The van der Waals surface area contributed by atoms with E-state index in [9.17, 15) is 9.59 Å². The maximum absolute atomic E-state index is 12.6. The number of nitrogens with zero attached hydrogens (tertiary/aromatic N) is 2. The normalized spacial score (nSPS) is 14.6. The van der Waals surface area contributed by atoms with E-state index in [2.05, 4.69) is 5.32 Å². The molecule has 1 aliphatic rings. The van der Waals surface area contributed by atoms with Crippen molar-refractivity contribution in [3.05, 3.63) is 59.7 Å². The van der Waals surface area contributed by atoms with Gasteiger partial charge in [-0.2, -0.15) is 0 Å². The number of likely N-dealkylation sites (tertiary alicyclic amines) is 1. The zero-order chi connectivity index (χ0) is 20.1. The summed E-state index contributed by atoms with van der Waals surface area (Å²) >= 11 is 0. The van der Waals surface area contributed by atoms with Crippen LogP contribution in [0.25, 0.3) is 0 Å². The predicted octanol–water partition coefficient (Wildman–Crippen LogP) is 3.48. The lowest BCUT2D eigenvalue weighted by atomic mass is 9.95. The van der Waals surface area contributed by atoms with E-state index in [0.717, 1.165) is 22.5 Å². The number of anilines is 2. The van der Waals surface area contributed by atoms with Crippen molar-refractivity contribution in [2.24, 2.45) is 5.92 Å². The molecule has 0 aromatic heterocycles. The zero-order valence-electron chi connectivity index (χ0n) is 16.9. The van der Waals surface area contributed by atoms with Crippen LogP contribution in [0.5, 0.6) is 0 Å². The molecule has 1 aliphatic heterocycles. The van der Waals surface area contributed by atoms with Crippen LogP contribution in [0.2, 0.25) is 0 Å². The summed E-state index contributed by atoms with van der Waals surface area (Å²) in [5, 5.41) is 3.01. The summed E-state index contributed by atoms with van der Waals surface area (Å²) in [7, 11) is 3.98. The van der Waals surface area contributed by atoms with E-state index in [4.69, 9.17) is 0 Å². The molecule has 1 heterocycles. The first-order valence-corrected chi connectivity index (χ1v) is 9.84. The van der Waals surface area contributed by atoms with Crippen LogP contribution in [0.4, 0.5) is 11.4 Å². The van der Waals surface area contributed by atoms with E-state index in [1.54, 1.807) is 0 Å². The average Bonchev–Trinajstić information content (AvgIpc) is 2.70. The van der Waals surface area contributed by atoms with Gasteiger partial charge in [-0.25, -0.2) is 0 Å². The van der Waals surface area contributed by atoms with Crippen molar-refractivity contribution >= 4 is 23.2 Å². The molecule has 5 nitrogen and oxygen atoms in total. The van der Waals surface area contributed by atoms with E-state index in [-0.39, 0.29) is 17.7 Å². The maximum atomic E-state index is 12.6.